The molecule has 0 aliphatic heterocycles. The van der Waals surface area contributed by atoms with Gasteiger partial charge in [0.25, 0.3) is 10.1 Å². The molecular formula is C9H13NaO5S. The number of ether oxygens (including phenoxy) is 1. The molecule has 2 N–H and O–H groups in total. The van der Waals surface area contributed by atoms with E-state index in [9.17, 15) is 8.42 Å². The monoisotopic (exact) mass is 256 g/mol. The van der Waals surface area contributed by atoms with E-state index in [0.29, 0.717) is 5.75 Å². The van der Waals surface area contributed by atoms with Crippen molar-refractivity contribution < 1.29 is 22.8 Å². The van der Waals surface area contributed by atoms with E-state index in [1.165, 1.54) is 24.3 Å². The Labute approximate surface area is 116 Å². The van der Waals surface area contributed by atoms with Gasteiger partial charge in [-0.2, -0.15) is 8.42 Å². The van der Waals surface area contributed by atoms with Crippen molar-refractivity contribution in [3.05, 3.63) is 24.3 Å². The van der Waals surface area contributed by atoms with Crippen LogP contribution in [0.4, 0.5) is 0 Å². The third-order valence-corrected chi connectivity index (χ3v) is 2.48. The summed E-state index contributed by atoms with van der Waals surface area (Å²) >= 11 is 0. The first-order chi connectivity index (χ1) is 6.89. The molecule has 1 aromatic rings. The average molecular weight is 256 g/mol. The molecule has 1 atom stereocenters. The van der Waals surface area contributed by atoms with Gasteiger partial charge in [-0.3, -0.25) is 4.55 Å². The van der Waals surface area contributed by atoms with Crippen molar-refractivity contribution in [3.63, 3.8) is 0 Å². The molecule has 1 aromatic carbocycles. The Bertz CT molecular complexity index is 412. The first-order valence-corrected chi connectivity index (χ1v) is 5.72. The number of hydrogen-bond acceptors (Lipinski definition) is 4. The van der Waals surface area contributed by atoms with Gasteiger partial charge < -0.3 is 9.84 Å². The van der Waals surface area contributed by atoms with Crippen LogP contribution in [0, 0.1) is 0 Å². The Morgan fingerprint density at radius 1 is 1.31 bits per heavy atom. The number of aliphatic hydroxyl groups excluding tert-OH is 1. The first kappa shape index (κ1) is 15.9. The van der Waals surface area contributed by atoms with E-state index in [2.05, 4.69) is 0 Å². The molecule has 5 nitrogen and oxygen atoms in total. The van der Waals surface area contributed by atoms with Crippen LogP contribution in [0.2, 0.25) is 0 Å². The van der Waals surface area contributed by atoms with Crippen LogP contribution in [0.1, 0.15) is 6.92 Å². The van der Waals surface area contributed by atoms with Crippen LogP contribution in [0.3, 0.4) is 0 Å². The summed E-state index contributed by atoms with van der Waals surface area (Å²) in [5, 5.41) is 8.94. The van der Waals surface area contributed by atoms with Crippen LogP contribution < -0.4 is 4.74 Å². The minimum atomic E-state index is -4.16. The van der Waals surface area contributed by atoms with Gasteiger partial charge >= 0.3 is 29.6 Å². The Balaban J connectivity index is 0.00000225. The Morgan fingerprint density at radius 3 is 2.19 bits per heavy atom. The molecule has 0 heterocycles. The number of benzene rings is 1. The molecule has 0 bridgehead atoms. The van der Waals surface area contributed by atoms with Crippen LogP contribution >= 0.6 is 0 Å². The second-order valence-corrected chi connectivity index (χ2v) is 4.53. The standard InChI is InChI=1S/C9H12O5S.Na.H/c1-7(10)6-14-8-2-4-9(5-3-8)15(11,12)13;;/h2-5,7,10H,6H2,1H3,(H,11,12,13);;. The van der Waals surface area contributed by atoms with E-state index < -0.39 is 16.2 Å². The normalized spacial score (nSPS) is 12.7. The van der Waals surface area contributed by atoms with Gasteiger partial charge in [0.05, 0.1) is 11.0 Å². The molecule has 1 unspecified atom stereocenters. The maximum absolute atomic E-state index is 10.7. The molecule has 0 saturated heterocycles. The van der Waals surface area contributed by atoms with E-state index in [4.69, 9.17) is 14.4 Å². The maximum atomic E-state index is 10.7. The van der Waals surface area contributed by atoms with E-state index >= 15 is 0 Å². The zero-order chi connectivity index (χ0) is 11.5. The molecule has 0 saturated carbocycles. The Kier molecular flexibility index (Phi) is 6.54. The summed E-state index contributed by atoms with van der Waals surface area (Å²) in [6.07, 6.45) is -0.591. The molecule has 0 radical (unpaired) electrons. The van der Waals surface area contributed by atoms with Gasteiger partial charge in [0.15, 0.2) is 0 Å². The van der Waals surface area contributed by atoms with Crippen LogP contribution in [0.5, 0.6) is 5.75 Å². The fourth-order valence-corrected chi connectivity index (χ4v) is 1.40. The molecule has 0 fully saturated rings. The summed E-state index contributed by atoms with van der Waals surface area (Å²) < 4.78 is 35.2. The number of rotatable bonds is 4. The number of aliphatic hydroxyl groups is 1. The van der Waals surface area contributed by atoms with Crippen molar-refractivity contribution in [3.8, 4) is 5.75 Å². The number of hydrogen-bond donors (Lipinski definition) is 2. The SMILES string of the molecule is CC(O)COc1ccc(S(=O)(=O)O)cc1.[NaH]. The minimum absolute atomic E-state index is 0. The van der Waals surface area contributed by atoms with Gasteiger partial charge in [0.2, 0.25) is 0 Å². The van der Waals surface area contributed by atoms with Gasteiger partial charge in [0, 0.05) is 0 Å². The van der Waals surface area contributed by atoms with Crippen molar-refractivity contribution in [2.45, 2.75) is 17.9 Å². The first-order valence-electron chi connectivity index (χ1n) is 4.28. The summed E-state index contributed by atoms with van der Waals surface area (Å²) in [5.41, 5.74) is 0. The van der Waals surface area contributed by atoms with Crippen molar-refractivity contribution in [1.29, 1.82) is 0 Å². The second kappa shape index (κ2) is 6.58. The van der Waals surface area contributed by atoms with Crippen LogP contribution in [0.25, 0.3) is 0 Å². The Hall–Kier alpha value is -0.110. The van der Waals surface area contributed by atoms with Crippen LogP contribution in [0.15, 0.2) is 29.2 Å². The van der Waals surface area contributed by atoms with E-state index in [0.717, 1.165) is 0 Å². The third kappa shape index (κ3) is 5.29. The zero-order valence-electron chi connectivity index (χ0n) is 8.12. The second-order valence-electron chi connectivity index (χ2n) is 3.11. The summed E-state index contributed by atoms with van der Waals surface area (Å²) in [6, 6.07) is 5.27. The topological polar surface area (TPSA) is 83.8 Å². The molecule has 0 spiro atoms. The van der Waals surface area contributed by atoms with Crippen LogP contribution in [-0.4, -0.2) is 60.3 Å². The summed E-state index contributed by atoms with van der Waals surface area (Å²) in [5.74, 6) is 0.434. The predicted molar refractivity (Wildman–Crippen MR) is 60.6 cm³/mol. The predicted octanol–water partition coefficient (Wildman–Crippen LogP) is 0.0444. The van der Waals surface area contributed by atoms with E-state index in [-0.39, 0.29) is 41.1 Å². The van der Waals surface area contributed by atoms with Gasteiger partial charge in [-0.25, -0.2) is 0 Å². The van der Waals surface area contributed by atoms with Gasteiger partial charge in [-0.15, -0.1) is 0 Å². The molecule has 16 heavy (non-hydrogen) atoms. The molecule has 0 amide bonds. The van der Waals surface area contributed by atoms with Gasteiger partial charge in [-0.05, 0) is 31.2 Å². The Morgan fingerprint density at radius 2 is 1.81 bits per heavy atom. The summed E-state index contributed by atoms with van der Waals surface area (Å²) in [6.45, 7) is 1.71. The zero-order valence-corrected chi connectivity index (χ0v) is 8.94. The molecule has 86 valence electrons. The molecule has 7 heteroatoms. The van der Waals surface area contributed by atoms with Crippen LogP contribution in [-0.2, 0) is 10.1 Å². The fourth-order valence-electron chi connectivity index (χ4n) is 0.925. The fraction of sp³-hybridized carbons (Fsp3) is 0.333. The van der Waals surface area contributed by atoms with Crippen molar-refractivity contribution in [2.75, 3.05) is 6.61 Å². The molecular weight excluding hydrogens is 243 g/mol. The summed E-state index contributed by atoms with van der Waals surface area (Å²) in [4.78, 5) is -0.188. The summed E-state index contributed by atoms with van der Waals surface area (Å²) in [7, 11) is -4.16. The van der Waals surface area contributed by atoms with Crippen molar-refractivity contribution in [1.82, 2.24) is 0 Å². The van der Waals surface area contributed by atoms with E-state index in [1.807, 2.05) is 0 Å². The van der Waals surface area contributed by atoms with Gasteiger partial charge in [0.1, 0.15) is 12.4 Å². The van der Waals surface area contributed by atoms with Gasteiger partial charge in [-0.1, -0.05) is 0 Å². The molecule has 0 aliphatic carbocycles. The van der Waals surface area contributed by atoms with Crippen molar-refractivity contribution >= 4 is 39.7 Å². The van der Waals surface area contributed by atoms with E-state index in [1.54, 1.807) is 6.92 Å². The molecule has 0 aliphatic rings. The average Bonchev–Trinajstić information content (AvgIpc) is 2.14. The molecule has 1 rings (SSSR count). The molecule has 0 aromatic heterocycles. The quantitative estimate of drug-likeness (QED) is 0.587. The van der Waals surface area contributed by atoms with Crippen molar-refractivity contribution in [2.24, 2.45) is 0 Å². The third-order valence-electron chi connectivity index (χ3n) is 1.61.